The molecule has 1 aromatic carbocycles. The molecule has 2 aliphatic rings. The van der Waals surface area contributed by atoms with Gasteiger partial charge in [0.15, 0.2) is 6.61 Å². The van der Waals surface area contributed by atoms with E-state index in [9.17, 15) is 18.0 Å². The highest BCUT2D eigenvalue weighted by Crippen LogP contribution is 2.27. The van der Waals surface area contributed by atoms with Crippen molar-refractivity contribution in [2.75, 3.05) is 18.5 Å². The maximum atomic E-state index is 12.4. The van der Waals surface area contributed by atoms with Crippen LogP contribution in [0.5, 0.6) is 0 Å². The van der Waals surface area contributed by atoms with Gasteiger partial charge in [0.05, 0.1) is 10.8 Å². The van der Waals surface area contributed by atoms with Crippen LogP contribution in [0.25, 0.3) is 0 Å². The smallest absolute Gasteiger partial charge is 0.309 e. The second kappa shape index (κ2) is 7.86. The number of ether oxygens (including phenoxy) is 1. The van der Waals surface area contributed by atoms with Crippen LogP contribution in [0.15, 0.2) is 34.2 Å². The van der Waals surface area contributed by atoms with Gasteiger partial charge in [0.1, 0.15) is 5.84 Å². The first-order chi connectivity index (χ1) is 12.4. The number of amidine groups is 1. The van der Waals surface area contributed by atoms with Crippen LogP contribution in [0.1, 0.15) is 32.1 Å². The van der Waals surface area contributed by atoms with Crippen molar-refractivity contribution in [2.45, 2.75) is 37.0 Å². The molecule has 1 aliphatic carbocycles. The molecule has 1 aliphatic heterocycles. The fourth-order valence-corrected chi connectivity index (χ4v) is 3.81. The normalized spacial score (nSPS) is 17.2. The monoisotopic (exact) mass is 379 g/mol. The van der Waals surface area contributed by atoms with Gasteiger partial charge in [0.25, 0.3) is 15.9 Å². The fourth-order valence-electron chi connectivity index (χ4n) is 2.67. The highest BCUT2D eigenvalue weighted by molar-refractivity contribution is 7.90. The SMILES string of the molecule is O=C(COC(=O)C1CCC1)Nc1cccc(S(=O)(=O)NC2=NCCC2)c1. The summed E-state index contributed by atoms with van der Waals surface area (Å²) in [6, 6.07) is 5.88. The second-order valence-corrected chi connectivity index (χ2v) is 8.03. The van der Waals surface area contributed by atoms with Gasteiger partial charge >= 0.3 is 5.97 Å². The van der Waals surface area contributed by atoms with Gasteiger partial charge in [-0.1, -0.05) is 12.5 Å². The van der Waals surface area contributed by atoms with Crippen LogP contribution in [0, 0.1) is 5.92 Å². The number of carbonyl (C=O) groups is 2. The minimum Gasteiger partial charge on any atom is -0.455 e. The highest BCUT2D eigenvalue weighted by Gasteiger charge is 2.27. The molecule has 1 heterocycles. The number of hydrogen-bond acceptors (Lipinski definition) is 6. The Morgan fingerprint density at radius 1 is 1.23 bits per heavy atom. The van der Waals surface area contributed by atoms with Crippen molar-refractivity contribution in [3.63, 3.8) is 0 Å². The van der Waals surface area contributed by atoms with Gasteiger partial charge in [0, 0.05) is 18.7 Å². The van der Waals surface area contributed by atoms with Crippen molar-refractivity contribution in [1.82, 2.24) is 4.72 Å². The highest BCUT2D eigenvalue weighted by atomic mass is 32.2. The molecular formula is C17H21N3O5S. The van der Waals surface area contributed by atoms with Gasteiger partial charge in [-0.25, -0.2) is 8.42 Å². The summed E-state index contributed by atoms with van der Waals surface area (Å²) in [5.41, 5.74) is 0.311. The van der Waals surface area contributed by atoms with Gasteiger partial charge < -0.3 is 10.1 Å². The zero-order chi connectivity index (χ0) is 18.6. The van der Waals surface area contributed by atoms with Gasteiger partial charge in [-0.3, -0.25) is 19.3 Å². The lowest BCUT2D eigenvalue weighted by molar-refractivity contribution is -0.154. The van der Waals surface area contributed by atoms with Crippen LogP contribution in [0.3, 0.4) is 0 Å². The lowest BCUT2D eigenvalue weighted by Gasteiger charge is -2.22. The first kappa shape index (κ1) is 18.4. The predicted molar refractivity (Wildman–Crippen MR) is 95.2 cm³/mol. The van der Waals surface area contributed by atoms with Gasteiger partial charge in [-0.05, 0) is 37.5 Å². The minimum atomic E-state index is -3.75. The zero-order valence-corrected chi connectivity index (χ0v) is 15.0. The molecule has 3 rings (SSSR count). The van der Waals surface area contributed by atoms with E-state index in [1.54, 1.807) is 6.07 Å². The molecule has 1 saturated carbocycles. The largest absolute Gasteiger partial charge is 0.455 e. The minimum absolute atomic E-state index is 0.0244. The van der Waals surface area contributed by atoms with Crippen molar-refractivity contribution in [3.05, 3.63) is 24.3 Å². The quantitative estimate of drug-likeness (QED) is 0.726. The van der Waals surface area contributed by atoms with Crippen molar-refractivity contribution in [2.24, 2.45) is 10.9 Å². The number of amides is 1. The van der Waals surface area contributed by atoms with E-state index in [2.05, 4.69) is 15.0 Å². The molecule has 0 atom stereocenters. The summed E-state index contributed by atoms with van der Waals surface area (Å²) in [5.74, 6) is -0.521. The van der Waals surface area contributed by atoms with E-state index < -0.39 is 15.9 Å². The predicted octanol–water partition coefficient (Wildman–Crippen LogP) is 1.44. The Kier molecular flexibility index (Phi) is 5.55. The Morgan fingerprint density at radius 3 is 2.69 bits per heavy atom. The molecule has 9 heteroatoms. The summed E-state index contributed by atoms with van der Waals surface area (Å²) in [5, 5.41) is 2.54. The molecule has 26 heavy (non-hydrogen) atoms. The van der Waals surface area contributed by atoms with E-state index in [1.807, 2.05) is 0 Å². The number of nitrogens with zero attached hydrogens (tertiary/aromatic N) is 1. The van der Waals surface area contributed by atoms with E-state index in [0.29, 0.717) is 24.5 Å². The average Bonchev–Trinajstić information content (AvgIpc) is 3.04. The Bertz CT molecular complexity index is 831. The number of hydrogen-bond donors (Lipinski definition) is 2. The molecule has 0 bridgehead atoms. The summed E-state index contributed by atoms with van der Waals surface area (Å²) in [6.07, 6.45) is 4.04. The summed E-state index contributed by atoms with van der Waals surface area (Å²) in [6.45, 7) is 0.231. The summed E-state index contributed by atoms with van der Waals surface area (Å²) in [4.78, 5) is 27.7. The molecule has 1 amide bonds. The first-order valence-electron chi connectivity index (χ1n) is 8.57. The van der Waals surface area contributed by atoms with E-state index in [0.717, 1.165) is 25.7 Å². The van der Waals surface area contributed by atoms with E-state index >= 15 is 0 Å². The molecule has 8 nitrogen and oxygen atoms in total. The van der Waals surface area contributed by atoms with Crippen molar-refractivity contribution < 1.29 is 22.7 Å². The molecule has 2 N–H and O–H groups in total. The van der Waals surface area contributed by atoms with E-state index in [4.69, 9.17) is 4.74 Å². The van der Waals surface area contributed by atoms with Crippen LogP contribution >= 0.6 is 0 Å². The Morgan fingerprint density at radius 2 is 2.04 bits per heavy atom. The van der Waals surface area contributed by atoms with Crippen molar-refractivity contribution in [3.8, 4) is 0 Å². The summed E-state index contributed by atoms with van der Waals surface area (Å²) < 4.78 is 32.2. The maximum absolute atomic E-state index is 12.4. The van der Waals surface area contributed by atoms with Gasteiger partial charge in [-0.15, -0.1) is 0 Å². The number of rotatable bonds is 6. The van der Waals surface area contributed by atoms with E-state index in [-0.39, 0.29) is 23.4 Å². The number of benzene rings is 1. The zero-order valence-electron chi connectivity index (χ0n) is 14.2. The third-order valence-corrected chi connectivity index (χ3v) is 5.72. The molecule has 0 saturated heterocycles. The third-order valence-electron chi connectivity index (χ3n) is 4.34. The molecule has 1 aromatic rings. The standard InChI is InChI=1S/C17H21N3O5S/c21-16(11-25-17(22)12-4-1-5-12)19-13-6-2-7-14(10-13)26(23,24)20-15-8-3-9-18-15/h2,6-7,10,12H,1,3-5,8-9,11H2,(H,18,20)(H,19,21). The second-order valence-electron chi connectivity index (χ2n) is 6.35. The number of carbonyl (C=O) groups excluding carboxylic acids is 2. The number of aliphatic imine (C=N–C) groups is 1. The van der Waals surface area contributed by atoms with Gasteiger partial charge in [0.2, 0.25) is 0 Å². The maximum Gasteiger partial charge on any atom is 0.309 e. The topological polar surface area (TPSA) is 114 Å². The number of esters is 1. The Hall–Kier alpha value is -2.42. The Balaban J connectivity index is 1.57. The average molecular weight is 379 g/mol. The lowest BCUT2D eigenvalue weighted by atomic mass is 9.86. The number of sulfonamides is 1. The van der Waals surface area contributed by atoms with Crippen LogP contribution < -0.4 is 10.0 Å². The Labute approximate surface area is 152 Å². The summed E-state index contributed by atoms with van der Waals surface area (Å²) >= 11 is 0. The number of nitrogens with one attached hydrogen (secondary N) is 2. The van der Waals surface area contributed by atoms with E-state index in [1.165, 1.54) is 18.2 Å². The van der Waals surface area contributed by atoms with Crippen LogP contribution in [0.2, 0.25) is 0 Å². The molecule has 1 fully saturated rings. The third kappa shape index (κ3) is 4.60. The molecule has 0 radical (unpaired) electrons. The van der Waals surface area contributed by atoms with Crippen molar-refractivity contribution in [1.29, 1.82) is 0 Å². The fraction of sp³-hybridized carbons (Fsp3) is 0.471. The van der Waals surface area contributed by atoms with Gasteiger partial charge in [-0.2, -0.15) is 0 Å². The van der Waals surface area contributed by atoms with Crippen LogP contribution in [0.4, 0.5) is 5.69 Å². The first-order valence-corrected chi connectivity index (χ1v) is 10.0. The van der Waals surface area contributed by atoms with Crippen molar-refractivity contribution >= 4 is 33.4 Å². The molecular weight excluding hydrogens is 358 g/mol. The van der Waals surface area contributed by atoms with Crippen LogP contribution in [-0.4, -0.2) is 39.3 Å². The molecule has 0 aromatic heterocycles. The van der Waals surface area contributed by atoms with Crippen LogP contribution in [-0.2, 0) is 24.3 Å². The molecule has 0 spiro atoms. The molecule has 140 valence electrons. The molecule has 0 unspecified atom stereocenters. The summed E-state index contributed by atoms with van der Waals surface area (Å²) in [7, 11) is -3.75. The number of anilines is 1. The lowest BCUT2D eigenvalue weighted by Crippen LogP contribution is -2.29.